The van der Waals surface area contributed by atoms with Crippen molar-refractivity contribution in [3.63, 3.8) is 0 Å². The van der Waals surface area contributed by atoms with Crippen LogP contribution in [0.1, 0.15) is 17.7 Å². The molecule has 4 atom stereocenters. The quantitative estimate of drug-likeness (QED) is 0.677. The van der Waals surface area contributed by atoms with Gasteiger partial charge in [-0.05, 0) is 12.5 Å². The van der Waals surface area contributed by atoms with Crippen LogP contribution in [0.5, 0.6) is 17.2 Å². The van der Waals surface area contributed by atoms with Crippen molar-refractivity contribution in [2.24, 2.45) is 5.92 Å². The molecule has 30 heavy (non-hydrogen) atoms. The van der Waals surface area contributed by atoms with Gasteiger partial charge in [0.15, 0.2) is 23.2 Å². The topological polar surface area (TPSA) is 117 Å². The minimum absolute atomic E-state index is 0.207. The number of pyridine rings is 1. The number of carbonyl (C=O) groups is 1. The molecule has 160 valence electrons. The molecular formula is C21H23NO8. The van der Waals surface area contributed by atoms with Gasteiger partial charge in [-0.1, -0.05) is 0 Å². The van der Waals surface area contributed by atoms with Crippen LogP contribution in [-0.4, -0.2) is 68.4 Å². The van der Waals surface area contributed by atoms with Gasteiger partial charge in [0.25, 0.3) is 0 Å². The predicted octanol–water partition coefficient (Wildman–Crippen LogP) is 0.652. The highest BCUT2D eigenvalue weighted by Crippen LogP contribution is 2.78. The normalized spacial score (nSPS) is 32.6. The number of hydrogen-bond acceptors (Lipinski definition) is 9. The molecule has 3 aliphatic carbocycles. The Kier molecular flexibility index (Phi) is 3.78. The van der Waals surface area contributed by atoms with Crippen LogP contribution in [0.3, 0.4) is 0 Å². The first kappa shape index (κ1) is 19.5. The minimum Gasteiger partial charge on any atom is -0.492 e. The predicted molar refractivity (Wildman–Crippen MR) is 103 cm³/mol. The second-order valence-corrected chi connectivity index (χ2v) is 7.89. The lowest BCUT2D eigenvalue weighted by Gasteiger charge is -2.46. The van der Waals surface area contributed by atoms with Crippen LogP contribution in [0.15, 0.2) is 12.3 Å². The van der Waals surface area contributed by atoms with Crippen molar-refractivity contribution >= 4 is 16.6 Å². The first-order chi connectivity index (χ1) is 14.3. The molecule has 3 aliphatic rings. The molecule has 9 nitrogen and oxygen atoms in total. The number of benzene rings is 1. The standard InChI is InChI=1S/C21H23NO8/c1-26-13-9-6-7-22-16-11(9)12(14(27-2)15(13)28-3)19-8-10(19)21(29-4,30-5)18(24)17(23)20(16,19)25/h6-7,10,17,23,25H,8H2,1-5H3/t10-,17-,19+,20-/m1/s1. The van der Waals surface area contributed by atoms with E-state index in [-0.39, 0.29) is 5.69 Å². The van der Waals surface area contributed by atoms with E-state index in [0.717, 1.165) is 0 Å². The monoisotopic (exact) mass is 417 g/mol. The summed E-state index contributed by atoms with van der Waals surface area (Å²) in [4.78, 5) is 17.6. The number of ether oxygens (including phenoxy) is 5. The molecule has 0 saturated heterocycles. The third kappa shape index (κ3) is 1.68. The fourth-order valence-corrected chi connectivity index (χ4v) is 5.97. The molecular weight excluding hydrogens is 394 g/mol. The summed E-state index contributed by atoms with van der Waals surface area (Å²) in [5.74, 6) is -1.87. The first-order valence-corrected chi connectivity index (χ1v) is 9.52. The van der Waals surface area contributed by atoms with Crippen molar-refractivity contribution < 1.29 is 38.7 Å². The van der Waals surface area contributed by atoms with E-state index in [2.05, 4.69) is 4.98 Å². The number of carbonyl (C=O) groups excluding carboxylic acids is 1. The Morgan fingerprint density at radius 3 is 2.23 bits per heavy atom. The van der Waals surface area contributed by atoms with Crippen molar-refractivity contribution in [3.05, 3.63) is 23.5 Å². The number of nitrogens with zero attached hydrogens (tertiary/aromatic N) is 1. The zero-order chi connectivity index (χ0) is 21.6. The number of aromatic nitrogens is 1. The fourth-order valence-electron chi connectivity index (χ4n) is 5.97. The molecule has 2 N–H and O–H groups in total. The summed E-state index contributed by atoms with van der Waals surface area (Å²) in [5.41, 5.74) is -2.26. The Morgan fingerprint density at radius 1 is 1.03 bits per heavy atom. The minimum atomic E-state index is -1.97. The average molecular weight is 417 g/mol. The smallest absolute Gasteiger partial charge is 0.235 e. The molecule has 1 aromatic carbocycles. The van der Waals surface area contributed by atoms with Crippen LogP contribution in [0.4, 0.5) is 0 Å². The van der Waals surface area contributed by atoms with E-state index in [9.17, 15) is 15.0 Å². The molecule has 2 aromatic rings. The van der Waals surface area contributed by atoms with Crippen LogP contribution in [0.2, 0.25) is 0 Å². The Labute approximate surface area is 172 Å². The van der Waals surface area contributed by atoms with E-state index in [1.165, 1.54) is 41.7 Å². The average Bonchev–Trinajstić information content (AvgIpc) is 3.49. The third-order valence-electron chi connectivity index (χ3n) is 7.20. The fraction of sp³-hybridized carbons (Fsp3) is 0.524. The number of hydrogen-bond donors (Lipinski definition) is 2. The second-order valence-electron chi connectivity index (χ2n) is 7.89. The van der Waals surface area contributed by atoms with Crippen LogP contribution in [0, 0.1) is 5.92 Å². The lowest BCUT2D eigenvalue weighted by Crippen LogP contribution is -2.65. The Hall–Kier alpha value is -2.46. The van der Waals surface area contributed by atoms with E-state index in [0.29, 0.717) is 40.0 Å². The maximum atomic E-state index is 13.2. The van der Waals surface area contributed by atoms with Gasteiger partial charge in [-0.15, -0.1) is 0 Å². The number of fused-ring (bicyclic) bond motifs is 1. The summed E-state index contributed by atoms with van der Waals surface area (Å²) in [5, 5.41) is 24.3. The summed E-state index contributed by atoms with van der Waals surface area (Å²) in [6.07, 6.45) is 0.0182. The highest BCUT2D eigenvalue weighted by Gasteiger charge is 2.86. The highest BCUT2D eigenvalue weighted by atomic mass is 16.7. The van der Waals surface area contributed by atoms with Crippen LogP contribution in [0.25, 0.3) is 10.8 Å². The van der Waals surface area contributed by atoms with Crippen molar-refractivity contribution in [1.29, 1.82) is 0 Å². The summed E-state index contributed by atoms with van der Waals surface area (Å²) in [6, 6.07) is 1.74. The van der Waals surface area contributed by atoms with Gasteiger partial charge in [0.1, 0.15) is 0 Å². The molecule has 2 saturated carbocycles. The third-order valence-corrected chi connectivity index (χ3v) is 7.20. The lowest BCUT2D eigenvalue weighted by atomic mass is 9.68. The van der Waals surface area contributed by atoms with Gasteiger partial charge in [0, 0.05) is 48.1 Å². The summed E-state index contributed by atoms with van der Waals surface area (Å²) in [7, 11) is 7.20. The largest absolute Gasteiger partial charge is 0.492 e. The maximum Gasteiger partial charge on any atom is 0.235 e. The maximum absolute atomic E-state index is 13.2. The van der Waals surface area contributed by atoms with Crippen molar-refractivity contribution in [2.45, 2.75) is 29.3 Å². The lowest BCUT2D eigenvalue weighted by molar-refractivity contribution is -0.254. The van der Waals surface area contributed by atoms with Crippen LogP contribution >= 0.6 is 0 Å². The number of methoxy groups -OCH3 is 5. The van der Waals surface area contributed by atoms with Gasteiger partial charge in [-0.2, -0.15) is 0 Å². The van der Waals surface area contributed by atoms with E-state index in [1.54, 1.807) is 6.07 Å². The van der Waals surface area contributed by atoms with Gasteiger partial charge in [-0.25, -0.2) is 0 Å². The Morgan fingerprint density at radius 2 is 1.67 bits per heavy atom. The Balaban J connectivity index is 1.95. The van der Waals surface area contributed by atoms with Gasteiger partial charge < -0.3 is 33.9 Å². The number of aliphatic hydroxyl groups is 2. The molecule has 2 fully saturated rings. The number of aliphatic hydroxyl groups excluding tert-OH is 1. The van der Waals surface area contributed by atoms with Gasteiger partial charge in [0.2, 0.25) is 17.3 Å². The van der Waals surface area contributed by atoms with Crippen molar-refractivity contribution in [2.75, 3.05) is 35.5 Å². The van der Waals surface area contributed by atoms with Crippen molar-refractivity contribution in [3.8, 4) is 17.2 Å². The molecule has 1 spiro atoms. The van der Waals surface area contributed by atoms with Crippen LogP contribution < -0.4 is 14.2 Å². The molecule has 0 amide bonds. The molecule has 5 rings (SSSR count). The molecule has 0 aliphatic heterocycles. The molecule has 0 radical (unpaired) electrons. The molecule has 9 heteroatoms. The summed E-state index contributed by atoms with van der Waals surface area (Å²) in [6.45, 7) is 0. The second kappa shape index (κ2) is 5.82. The van der Waals surface area contributed by atoms with E-state index in [4.69, 9.17) is 23.7 Å². The number of ketones is 1. The number of Topliss-reactive ketones (excluding diaryl/α,β-unsaturated/α-hetero) is 1. The zero-order valence-electron chi connectivity index (χ0n) is 17.3. The number of rotatable bonds is 5. The van der Waals surface area contributed by atoms with Gasteiger partial charge >= 0.3 is 0 Å². The molecule has 0 bridgehead atoms. The van der Waals surface area contributed by atoms with Crippen molar-refractivity contribution in [1.82, 2.24) is 4.98 Å². The van der Waals surface area contributed by atoms with Crippen LogP contribution in [-0.2, 0) is 25.3 Å². The molecule has 0 unspecified atom stereocenters. The van der Waals surface area contributed by atoms with Gasteiger partial charge in [0.05, 0.1) is 27.0 Å². The van der Waals surface area contributed by atoms with Gasteiger partial charge in [-0.3, -0.25) is 9.78 Å². The SMILES string of the molecule is COc1c(OC)c2c3c(nccc3c1OC)[C@@]1(O)[C@H](O)C(=O)C(OC)(OC)[C@@H]3C[C@@]231. The van der Waals surface area contributed by atoms with E-state index >= 15 is 0 Å². The zero-order valence-corrected chi connectivity index (χ0v) is 17.3. The summed E-state index contributed by atoms with van der Waals surface area (Å²) >= 11 is 0. The Bertz CT molecular complexity index is 1100. The van der Waals surface area contributed by atoms with E-state index < -0.39 is 34.6 Å². The molecule has 1 aromatic heterocycles. The summed E-state index contributed by atoms with van der Waals surface area (Å²) < 4.78 is 28.0. The highest BCUT2D eigenvalue weighted by molar-refractivity contribution is 6.05. The first-order valence-electron chi connectivity index (χ1n) is 9.52. The van der Waals surface area contributed by atoms with E-state index in [1.807, 2.05) is 0 Å². The molecule has 1 heterocycles.